The summed E-state index contributed by atoms with van der Waals surface area (Å²) in [5.41, 5.74) is 9.79. The van der Waals surface area contributed by atoms with Crippen molar-refractivity contribution < 1.29 is 9.18 Å². The molecule has 2 aromatic rings. The highest BCUT2D eigenvalue weighted by Gasteiger charge is 2.17. The molecule has 2 aromatic carbocycles. The van der Waals surface area contributed by atoms with Crippen LogP contribution in [0.25, 0.3) is 0 Å². The van der Waals surface area contributed by atoms with Crippen molar-refractivity contribution in [2.75, 3.05) is 5.32 Å². The number of amides is 1. The molecule has 0 aromatic heterocycles. The third-order valence-electron chi connectivity index (χ3n) is 3.69. The summed E-state index contributed by atoms with van der Waals surface area (Å²) in [6.07, 6.45) is 1.18. The van der Waals surface area contributed by atoms with E-state index in [0.29, 0.717) is 12.8 Å². The van der Waals surface area contributed by atoms with E-state index >= 15 is 0 Å². The normalized spacial score (nSPS) is 15.3. The van der Waals surface area contributed by atoms with Crippen LogP contribution in [0.3, 0.4) is 0 Å². The number of carbonyl (C=O) groups excluding carboxylic acids is 1. The van der Waals surface area contributed by atoms with E-state index in [-0.39, 0.29) is 17.0 Å². The van der Waals surface area contributed by atoms with E-state index in [4.69, 9.17) is 17.3 Å². The van der Waals surface area contributed by atoms with Gasteiger partial charge in [0, 0.05) is 12.1 Å². The Balaban J connectivity index is 1.93. The van der Waals surface area contributed by atoms with Crippen molar-refractivity contribution in [1.29, 1.82) is 0 Å². The smallest absolute Gasteiger partial charge is 0.224 e. The molecule has 3 rings (SSSR count). The van der Waals surface area contributed by atoms with Crippen molar-refractivity contribution in [3.05, 3.63) is 63.9 Å². The number of benzene rings is 2. The lowest BCUT2D eigenvalue weighted by Crippen LogP contribution is -2.20. The minimum atomic E-state index is -0.458. The molecule has 1 heterocycles. The molecule has 1 aliphatic rings. The Kier molecular flexibility index (Phi) is 3.66. The second-order valence-corrected chi connectivity index (χ2v) is 5.52. The van der Waals surface area contributed by atoms with Gasteiger partial charge in [-0.05, 0) is 41.3 Å². The number of aryl methyl sites for hydroxylation is 1. The summed E-state index contributed by atoms with van der Waals surface area (Å²) in [7, 11) is 0. The topological polar surface area (TPSA) is 55.1 Å². The van der Waals surface area contributed by atoms with Gasteiger partial charge in [-0.1, -0.05) is 29.8 Å². The fraction of sp³-hybridized carbons (Fsp3) is 0.188. The Hall–Kier alpha value is -1.91. The van der Waals surface area contributed by atoms with Gasteiger partial charge in [-0.25, -0.2) is 4.39 Å². The number of hydrogen-bond donors (Lipinski definition) is 2. The zero-order valence-electron chi connectivity index (χ0n) is 11.2. The molecule has 0 saturated heterocycles. The van der Waals surface area contributed by atoms with Crippen molar-refractivity contribution >= 4 is 23.2 Å². The van der Waals surface area contributed by atoms with Gasteiger partial charge in [0.05, 0.1) is 11.1 Å². The molecule has 0 aliphatic carbocycles. The van der Waals surface area contributed by atoms with Crippen LogP contribution in [-0.4, -0.2) is 5.91 Å². The minimum Gasteiger partial charge on any atom is -0.326 e. The largest absolute Gasteiger partial charge is 0.326 e. The number of fused-ring (bicyclic) bond motifs is 1. The van der Waals surface area contributed by atoms with Gasteiger partial charge in [0.2, 0.25) is 5.91 Å². The van der Waals surface area contributed by atoms with E-state index in [2.05, 4.69) is 5.32 Å². The second-order valence-electron chi connectivity index (χ2n) is 5.12. The summed E-state index contributed by atoms with van der Waals surface area (Å²) >= 11 is 5.80. The lowest BCUT2D eigenvalue weighted by molar-refractivity contribution is -0.116. The summed E-state index contributed by atoms with van der Waals surface area (Å²) in [5, 5.41) is 2.90. The Morgan fingerprint density at radius 3 is 2.62 bits per heavy atom. The van der Waals surface area contributed by atoms with Crippen molar-refractivity contribution in [3.8, 4) is 0 Å². The SMILES string of the molecule is NC(c1ccc(F)c(Cl)c1)c1ccc2c(c1)CCC(=O)N2. The molecule has 108 valence electrons. The van der Waals surface area contributed by atoms with Crippen LogP contribution >= 0.6 is 11.6 Å². The number of rotatable bonds is 2. The fourth-order valence-electron chi connectivity index (χ4n) is 2.50. The molecule has 1 aliphatic heterocycles. The van der Waals surface area contributed by atoms with Crippen molar-refractivity contribution in [3.63, 3.8) is 0 Å². The number of halogens is 2. The van der Waals surface area contributed by atoms with Gasteiger partial charge < -0.3 is 11.1 Å². The van der Waals surface area contributed by atoms with Crippen LogP contribution in [0.2, 0.25) is 5.02 Å². The standard InChI is InChI=1S/C16H14ClFN2O/c17-12-8-11(1-4-13(12)18)16(19)10-2-5-14-9(7-10)3-6-15(21)20-14/h1-2,4-5,7-8,16H,3,6,19H2,(H,20,21). The summed E-state index contributed by atoms with van der Waals surface area (Å²) in [4.78, 5) is 11.3. The number of anilines is 1. The Labute approximate surface area is 126 Å². The molecular weight excluding hydrogens is 291 g/mol. The number of carbonyl (C=O) groups is 1. The lowest BCUT2D eigenvalue weighted by Gasteiger charge is -2.20. The highest BCUT2D eigenvalue weighted by Crippen LogP contribution is 2.29. The van der Waals surface area contributed by atoms with Gasteiger partial charge in [0.15, 0.2) is 0 Å². The summed E-state index contributed by atoms with van der Waals surface area (Å²) in [5.74, 6) is -0.425. The molecule has 3 N–H and O–H groups in total. The molecule has 3 nitrogen and oxygen atoms in total. The number of nitrogens with two attached hydrogens (primary N) is 1. The van der Waals surface area contributed by atoms with Gasteiger partial charge in [0.25, 0.3) is 0 Å². The van der Waals surface area contributed by atoms with E-state index in [9.17, 15) is 9.18 Å². The molecule has 0 spiro atoms. The third-order valence-corrected chi connectivity index (χ3v) is 3.98. The van der Waals surface area contributed by atoms with Crippen molar-refractivity contribution in [1.82, 2.24) is 0 Å². The first-order valence-corrected chi connectivity index (χ1v) is 7.05. The van der Waals surface area contributed by atoms with Gasteiger partial charge >= 0.3 is 0 Å². The van der Waals surface area contributed by atoms with E-state index in [1.807, 2.05) is 18.2 Å². The van der Waals surface area contributed by atoms with Crippen LogP contribution in [0.4, 0.5) is 10.1 Å². The zero-order chi connectivity index (χ0) is 15.0. The summed E-state index contributed by atoms with van der Waals surface area (Å²) in [6.45, 7) is 0. The predicted molar refractivity (Wildman–Crippen MR) is 80.8 cm³/mol. The quantitative estimate of drug-likeness (QED) is 0.893. The zero-order valence-corrected chi connectivity index (χ0v) is 12.0. The second kappa shape index (κ2) is 5.47. The van der Waals surface area contributed by atoms with Gasteiger partial charge in [-0.15, -0.1) is 0 Å². The maximum absolute atomic E-state index is 13.2. The van der Waals surface area contributed by atoms with Crippen LogP contribution < -0.4 is 11.1 Å². The van der Waals surface area contributed by atoms with Crippen LogP contribution in [-0.2, 0) is 11.2 Å². The molecule has 1 atom stereocenters. The first-order chi connectivity index (χ1) is 10.0. The van der Waals surface area contributed by atoms with Crippen LogP contribution in [0, 0.1) is 5.82 Å². The molecule has 5 heteroatoms. The lowest BCUT2D eigenvalue weighted by atomic mass is 9.94. The van der Waals surface area contributed by atoms with E-state index < -0.39 is 5.82 Å². The Morgan fingerprint density at radius 2 is 1.86 bits per heavy atom. The maximum Gasteiger partial charge on any atom is 0.224 e. The van der Waals surface area contributed by atoms with E-state index in [0.717, 1.165) is 22.4 Å². The molecule has 1 unspecified atom stereocenters. The van der Waals surface area contributed by atoms with Crippen molar-refractivity contribution in [2.45, 2.75) is 18.9 Å². The molecule has 0 bridgehead atoms. The molecule has 0 fully saturated rings. The fourth-order valence-corrected chi connectivity index (χ4v) is 2.68. The summed E-state index contributed by atoms with van der Waals surface area (Å²) in [6, 6.07) is 9.81. The molecule has 21 heavy (non-hydrogen) atoms. The van der Waals surface area contributed by atoms with Crippen LogP contribution in [0.1, 0.15) is 29.2 Å². The monoisotopic (exact) mass is 304 g/mol. The molecule has 1 amide bonds. The summed E-state index contributed by atoms with van der Waals surface area (Å²) < 4.78 is 13.2. The average Bonchev–Trinajstić information content (AvgIpc) is 2.49. The highest BCUT2D eigenvalue weighted by atomic mass is 35.5. The van der Waals surface area contributed by atoms with Gasteiger partial charge in [-0.3, -0.25) is 4.79 Å². The van der Waals surface area contributed by atoms with Gasteiger partial charge in [0.1, 0.15) is 5.82 Å². The predicted octanol–water partition coefficient (Wildman–Crippen LogP) is 3.41. The first-order valence-electron chi connectivity index (χ1n) is 6.68. The minimum absolute atomic E-state index is 0.0323. The Bertz CT molecular complexity index is 717. The molecular formula is C16H14ClFN2O. The average molecular weight is 305 g/mol. The van der Waals surface area contributed by atoms with Crippen LogP contribution in [0.15, 0.2) is 36.4 Å². The van der Waals surface area contributed by atoms with Crippen LogP contribution in [0.5, 0.6) is 0 Å². The van der Waals surface area contributed by atoms with Crippen molar-refractivity contribution in [2.24, 2.45) is 5.73 Å². The first kappa shape index (κ1) is 14.0. The highest BCUT2D eigenvalue weighted by molar-refractivity contribution is 6.30. The Morgan fingerprint density at radius 1 is 1.14 bits per heavy atom. The number of nitrogens with one attached hydrogen (secondary N) is 1. The molecule has 0 radical (unpaired) electrons. The van der Waals surface area contributed by atoms with Gasteiger partial charge in [-0.2, -0.15) is 0 Å². The number of hydrogen-bond acceptors (Lipinski definition) is 2. The maximum atomic E-state index is 13.2. The van der Waals surface area contributed by atoms with E-state index in [1.54, 1.807) is 12.1 Å². The third kappa shape index (κ3) is 2.77. The molecule has 0 saturated carbocycles. The van der Waals surface area contributed by atoms with E-state index in [1.165, 1.54) is 6.07 Å².